The molecule has 0 atom stereocenters. The van der Waals surface area contributed by atoms with E-state index in [2.05, 4.69) is 17.1 Å². The van der Waals surface area contributed by atoms with Crippen molar-refractivity contribution < 1.29 is 4.74 Å². The monoisotopic (exact) mass is 214 g/mol. The highest BCUT2D eigenvalue weighted by Gasteiger charge is 1.98. The van der Waals surface area contributed by atoms with Gasteiger partial charge >= 0.3 is 0 Å². The van der Waals surface area contributed by atoms with Crippen LogP contribution in [-0.4, -0.2) is 11.6 Å². The third-order valence-corrected chi connectivity index (χ3v) is 2.30. The van der Waals surface area contributed by atoms with Crippen LogP contribution in [0.5, 0.6) is 5.75 Å². The maximum atomic E-state index is 5.71. The van der Waals surface area contributed by atoms with E-state index in [4.69, 9.17) is 10.5 Å². The number of anilines is 1. The van der Waals surface area contributed by atoms with Gasteiger partial charge in [-0.3, -0.25) is 4.98 Å². The van der Waals surface area contributed by atoms with Crippen LogP contribution >= 0.6 is 0 Å². The molecule has 0 amide bonds. The molecule has 1 aromatic carbocycles. The van der Waals surface area contributed by atoms with Crippen LogP contribution in [-0.2, 0) is 6.42 Å². The summed E-state index contributed by atoms with van der Waals surface area (Å²) in [5, 5.41) is 0. The quantitative estimate of drug-likeness (QED) is 0.849. The first-order valence-corrected chi connectivity index (χ1v) is 5.22. The second-order valence-corrected chi connectivity index (χ2v) is 3.50. The third-order valence-electron chi connectivity index (χ3n) is 2.30. The molecule has 0 spiro atoms. The number of aromatic nitrogens is 1. The fourth-order valence-electron chi connectivity index (χ4n) is 1.45. The normalized spacial score (nSPS) is 10.0. The van der Waals surface area contributed by atoms with E-state index in [9.17, 15) is 0 Å². The largest absolute Gasteiger partial charge is 0.491 e. The molecular weight excluding hydrogens is 200 g/mol. The van der Waals surface area contributed by atoms with Crippen molar-refractivity contribution >= 4 is 5.69 Å². The summed E-state index contributed by atoms with van der Waals surface area (Å²) in [5.74, 6) is 0.700. The first-order valence-electron chi connectivity index (χ1n) is 5.22. The predicted molar refractivity (Wildman–Crippen MR) is 64.3 cm³/mol. The predicted octanol–water partition coefficient (Wildman–Crippen LogP) is 2.29. The summed E-state index contributed by atoms with van der Waals surface area (Å²) >= 11 is 0. The van der Waals surface area contributed by atoms with E-state index in [1.54, 1.807) is 18.5 Å². The lowest BCUT2D eigenvalue weighted by Gasteiger charge is -2.07. The van der Waals surface area contributed by atoms with Gasteiger partial charge in [0, 0.05) is 18.7 Å². The molecule has 0 aliphatic heterocycles. The number of nitrogens with two attached hydrogens (primary N) is 1. The number of rotatable bonds is 4. The number of pyridine rings is 1. The van der Waals surface area contributed by atoms with E-state index in [1.165, 1.54) is 5.56 Å². The highest BCUT2D eigenvalue weighted by molar-refractivity contribution is 5.49. The first-order chi connectivity index (χ1) is 7.86. The van der Waals surface area contributed by atoms with E-state index in [-0.39, 0.29) is 0 Å². The van der Waals surface area contributed by atoms with Gasteiger partial charge in [0.1, 0.15) is 5.75 Å². The average Bonchev–Trinajstić information content (AvgIpc) is 2.33. The van der Waals surface area contributed by atoms with Crippen molar-refractivity contribution in [1.82, 2.24) is 4.98 Å². The molecule has 1 heterocycles. The second-order valence-electron chi connectivity index (χ2n) is 3.50. The fraction of sp³-hybridized carbons (Fsp3) is 0.154. The zero-order valence-electron chi connectivity index (χ0n) is 8.97. The molecule has 0 aliphatic rings. The highest BCUT2D eigenvalue weighted by atomic mass is 16.5. The van der Waals surface area contributed by atoms with Gasteiger partial charge in [-0.2, -0.15) is 0 Å². The zero-order valence-corrected chi connectivity index (χ0v) is 8.97. The lowest BCUT2D eigenvalue weighted by Crippen LogP contribution is -2.03. The molecule has 0 fully saturated rings. The molecule has 2 N–H and O–H groups in total. The number of ether oxygens (including phenoxy) is 1. The molecule has 82 valence electrons. The van der Waals surface area contributed by atoms with Crippen molar-refractivity contribution in [2.45, 2.75) is 6.42 Å². The maximum absolute atomic E-state index is 5.71. The van der Waals surface area contributed by atoms with Gasteiger partial charge in [-0.15, -0.1) is 0 Å². The van der Waals surface area contributed by atoms with Crippen molar-refractivity contribution in [1.29, 1.82) is 0 Å². The first kappa shape index (κ1) is 10.5. The van der Waals surface area contributed by atoms with Gasteiger partial charge in [0.05, 0.1) is 18.5 Å². The molecule has 16 heavy (non-hydrogen) atoms. The van der Waals surface area contributed by atoms with Crippen molar-refractivity contribution in [3.05, 3.63) is 54.4 Å². The van der Waals surface area contributed by atoms with E-state index < -0.39 is 0 Å². The summed E-state index contributed by atoms with van der Waals surface area (Å²) in [6.45, 7) is 0.623. The lowest BCUT2D eigenvalue weighted by atomic mass is 10.2. The Labute approximate surface area is 94.9 Å². The molecule has 0 bridgehead atoms. The molecule has 3 heteroatoms. The number of nitrogens with zero attached hydrogens (tertiary/aromatic N) is 1. The molecule has 0 aliphatic carbocycles. The van der Waals surface area contributed by atoms with Gasteiger partial charge in [-0.05, 0) is 5.56 Å². The van der Waals surface area contributed by atoms with Gasteiger partial charge in [0.25, 0.3) is 0 Å². The smallest absolute Gasteiger partial charge is 0.145 e. The Bertz CT molecular complexity index is 443. The highest BCUT2D eigenvalue weighted by Crippen LogP contribution is 2.18. The second kappa shape index (κ2) is 5.16. The topological polar surface area (TPSA) is 48.1 Å². The minimum absolute atomic E-state index is 0.579. The summed E-state index contributed by atoms with van der Waals surface area (Å²) in [6, 6.07) is 12.0. The van der Waals surface area contributed by atoms with Crippen LogP contribution in [0.15, 0.2) is 48.8 Å². The Balaban J connectivity index is 1.87. The van der Waals surface area contributed by atoms with E-state index in [0.29, 0.717) is 18.0 Å². The van der Waals surface area contributed by atoms with Crippen LogP contribution in [0.2, 0.25) is 0 Å². The van der Waals surface area contributed by atoms with Gasteiger partial charge in [-0.25, -0.2) is 0 Å². The molecule has 0 radical (unpaired) electrons. The maximum Gasteiger partial charge on any atom is 0.145 e. The molecule has 2 rings (SSSR count). The molecule has 0 saturated carbocycles. The van der Waals surface area contributed by atoms with E-state index in [1.807, 2.05) is 18.2 Å². The van der Waals surface area contributed by atoms with Crippen molar-refractivity contribution in [3.63, 3.8) is 0 Å². The number of benzene rings is 1. The fourth-order valence-corrected chi connectivity index (χ4v) is 1.45. The molecule has 0 saturated heterocycles. The summed E-state index contributed by atoms with van der Waals surface area (Å²) in [5.41, 5.74) is 7.55. The molecule has 2 aromatic rings. The molecule has 0 unspecified atom stereocenters. The van der Waals surface area contributed by atoms with Crippen LogP contribution in [0, 0.1) is 0 Å². The third kappa shape index (κ3) is 2.73. The Morgan fingerprint density at radius 3 is 2.69 bits per heavy atom. The summed E-state index contributed by atoms with van der Waals surface area (Å²) in [6.07, 6.45) is 4.15. The van der Waals surface area contributed by atoms with Gasteiger partial charge in [-0.1, -0.05) is 30.3 Å². The average molecular weight is 214 g/mol. The van der Waals surface area contributed by atoms with E-state index in [0.717, 1.165) is 6.42 Å². The lowest BCUT2D eigenvalue weighted by molar-refractivity contribution is 0.323. The summed E-state index contributed by atoms with van der Waals surface area (Å²) < 4.78 is 5.58. The van der Waals surface area contributed by atoms with Crippen LogP contribution in [0.4, 0.5) is 5.69 Å². The minimum atomic E-state index is 0.579. The van der Waals surface area contributed by atoms with Gasteiger partial charge in [0.15, 0.2) is 0 Å². The Hall–Kier alpha value is -2.03. The Kier molecular flexibility index (Phi) is 3.38. The van der Waals surface area contributed by atoms with Crippen LogP contribution in [0.25, 0.3) is 0 Å². The van der Waals surface area contributed by atoms with Crippen LogP contribution in [0.3, 0.4) is 0 Å². The molecule has 1 aromatic heterocycles. The van der Waals surface area contributed by atoms with Crippen molar-refractivity contribution in [3.8, 4) is 5.75 Å². The number of nitrogen functional groups attached to an aromatic ring is 1. The summed E-state index contributed by atoms with van der Waals surface area (Å²) in [4.78, 5) is 3.91. The van der Waals surface area contributed by atoms with E-state index >= 15 is 0 Å². The molecular formula is C13H14N2O. The minimum Gasteiger partial charge on any atom is -0.491 e. The number of hydrogen-bond acceptors (Lipinski definition) is 3. The number of hydrogen-bond donors (Lipinski definition) is 1. The standard InChI is InChI=1S/C13H14N2O/c14-12-10-15-8-6-13(12)16-9-7-11-4-2-1-3-5-11/h1-6,8,10H,7,9,14H2. The van der Waals surface area contributed by atoms with Crippen molar-refractivity contribution in [2.75, 3.05) is 12.3 Å². The summed E-state index contributed by atoms with van der Waals surface area (Å²) in [7, 11) is 0. The Morgan fingerprint density at radius 1 is 1.12 bits per heavy atom. The van der Waals surface area contributed by atoms with Crippen LogP contribution < -0.4 is 10.5 Å². The van der Waals surface area contributed by atoms with Gasteiger partial charge in [0.2, 0.25) is 0 Å². The van der Waals surface area contributed by atoms with Crippen LogP contribution in [0.1, 0.15) is 5.56 Å². The molecule has 3 nitrogen and oxygen atoms in total. The van der Waals surface area contributed by atoms with Gasteiger partial charge < -0.3 is 10.5 Å². The Morgan fingerprint density at radius 2 is 1.94 bits per heavy atom. The zero-order chi connectivity index (χ0) is 11.2. The van der Waals surface area contributed by atoms with Crippen molar-refractivity contribution in [2.24, 2.45) is 0 Å². The SMILES string of the molecule is Nc1cnccc1OCCc1ccccc1.